The average Bonchev–Trinajstić information content (AvgIpc) is 3.78. The van der Waals surface area contributed by atoms with Gasteiger partial charge in [0.25, 0.3) is 0 Å². The van der Waals surface area contributed by atoms with Crippen molar-refractivity contribution in [1.82, 2.24) is 5.32 Å². The predicted octanol–water partition coefficient (Wildman–Crippen LogP) is 10.3. The number of aliphatic imine (C=N–C) groups is 1. The van der Waals surface area contributed by atoms with Crippen LogP contribution in [-0.2, 0) is 10.2 Å². The monoisotopic (exact) mass is 634 g/mol. The molecular weight excluding hydrogens is 601 g/mol. The van der Waals surface area contributed by atoms with Crippen molar-refractivity contribution in [2.24, 2.45) is 10.9 Å². The Labute approximate surface area is 286 Å². The van der Waals surface area contributed by atoms with Gasteiger partial charge in [0.05, 0.1) is 11.5 Å². The maximum atomic E-state index is 6.75. The third-order valence-corrected chi connectivity index (χ3v) is 10.7. The Balaban J connectivity index is 1.01. The second-order valence-corrected chi connectivity index (χ2v) is 13.3. The second kappa shape index (κ2) is 11.1. The van der Waals surface area contributed by atoms with Crippen molar-refractivity contribution in [3.05, 3.63) is 203 Å². The Morgan fingerprint density at radius 1 is 0.653 bits per heavy atom. The molecule has 3 atom stereocenters. The van der Waals surface area contributed by atoms with Crippen LogP contribution in [0.3, 0.4) is 0 Å². The van der Waals surface area contributed by atoms with Crippen LogP contribution in [0.4, 0.5) is 0 Å². The number of hydrogen-bond donors (Lipinski definition) is 1. The van der Waals surface area contributed by atoms with Gasteiger partial charge in [-0.05, 0) is 64.1 Å². The summed E-state index contributed by atoms with van der Waals surface area (Å²) in [4.78, 5) is 5.14. The Bertz CT molecular complexity index is 2250. The molecule has 1 N–H and O–H groups in total. The lowest BCUT2D eigenvalue weighted by Gasteiger charge is -2.39. The van der Waals surface area contributed by atoms with Gasteiger partial charge in [-0.2, -0.15) is 0 Å². The van der Waals surface area contributed by atoms with E-state index in [0.717, 1.165) is 52.8 Å². The Kier molecular flexibility index (Phi) is 6.38. The average molecular weight is 635 g/mol. The van der Waals surface area contributed by atoms with Crippen molar-refractivity contribution in [2.45, 2.75) is 30.4 Å². The second-order valence-electron chi connectivity index (χ2n) is 13.3. The largest absolute Gasteiger partial charge is 0.482 e. The molecule has 3 heterocycles. The molecule has 0 saturated carbocycles. The van der Waals surface area contributed by atoms with Gasteiger partial charge in [-0.25, -0.2) is 4.99 Å². The quantitative estimate of drug-likeness (QED) is 0.210. The summed E-state index contributed by atoms with van der Waals surface area (Å²) in [7, 11) is 0. The van der Waals surface area contributed by atoms with Crippen molar-refractivity contribution < 1.29 is 9.47 Å². The summed E-state index contributed by atoms with van der Waals surface area (Å²) in [6, 6.07) is 43.5. The highest BCUT2D eigenvalue weighted by Crippen LogP contribution is 2.62. The van der Waals surface area contributed by atoms with Crippen LogP contribution in [0.15, 0.2) is 174 Å². The molecule has 5 aromatic carbocycles. The first-order valence-electron chi connectivity index (χ1n) is 17.2. The van der Waals surface area contributed by atoms with Gasteiger partial charge in [0.2, 0.25) is 0 Å². The van der Waals surface area contributed by atoms with Crippen molar-refractivity contribution >= 4 is 5.84 Å². The standard InChI is InChI=1S/C45H34N2O2/c1-3-13-29(14-4-1)38-28-39(30-15-5-2-6-16-30)47-44(46-38)42-26-25-40(48-42)31-23-24-37-43(27-31)49-41-22-12-11-21-36(41)45(37)34-19-9-7-17-32(34)33-18-8-10-20-35(33)45/h1-15,17-24,26-28,30,38,40H,16,25H2,(H,46,47). The number of benzene rings is 5. The number of amidine groups is 1. The van der Waals surface area contributed by atoms with E-state index in [2.05, 4.69) is 163 Å². The molecule has 49 heavy (non-hydrogen) atoms. The van der Waals surface area contributed by atoms with E-state index < -0.39 is 5.41 Å². The summed E-state index contributed by atoms with van der Waals surface area (Å²) in [5, 5.41) is 3.68. The molecule has 4 nitrogen and oxygen atoms in total. The summed E-state index contributed by atoms with van der Waals surface area (Å²) in [5.74, 6) is 3.59. The number of fused-ring (bicyclic) bond motifs is 9. The van der Waals surface area contributed by atoms with Crippen LogP contribution in [0, 0.1) is 5.92 Å². The molecule has 5 aromatic rings. The topological polar surface area (TPSA) is 42.8 Å². The maximum Gasteiger partial charge on any atom is 0.169 e. The zero-order valence-electron chi connectivity index (χ0n) is 26.9. The van der Waals surface area contributed by atoms with Gasteiger partial charge in [-0.15, -0.1) is 0 Å². The van der Waals surface area contributed by atoms with Crippen LogP contribution in [0.2, 0.25) is 0 Å². The molecule has 0 fully saturated rings. The molecule has 3 aliphatic heterocycles. The third-order valence-electron chi connectivity index (χ3n) is 10.7. The molecule has 0 bridgehead atoms. The number of nitrogens with zero attached hydrogens (tertiary/aromatic N) is 1. The molecule has 1 spiro atoms. The molecule has 0 amide bonds. The molecule has 2 aliphatic carbocycles. The van der Waals surface area contributed by atoms with Gasteiger partial charge >= 0.3 is 0 Å². The van der Waals surface area contributed by atoms with Crippen LogP contribution in [0.1, 0.15) is 58.4 Å². The van der Waals surface area contributed by atoms with Crippen LogP contribution in [0.5, 0.6) is 11.5 Å². The minimum Gasteiger partial charge on any atom is -0.482 e. The van der Waals surface area contributed by atoms with Gasteiger partial charge in [-0.3, -0.25) is 0 Å². The summed E-state index contributed by atoms with van der Waals surface area (Å²) in [6.45, 7) is 0. The Morgan fingerprint density at radius 2 is 1.37 bits per heavy atom. The molecule has 236 valence electrons. The third kappa shape index (κ3) is 4.33. The van der Waals surface area contributed by atoms with Gasteiger partial charge in [0.1, 0.15) is 17.6 Å². The lowest BCUT2D eigenvalue weighted by Crippen LogP contribution is -2.33. The smallest absolute Gasteiger partial charge is 0.169 e. The van der Waals surface area contributed by atoms with E-state index in [0.29, 0.717) is 0 Å². The van der Waals surface area contributed by atoms with Crippen LogP contribution in [0.25, 0.3) is 11.1 Å². The van der Waals surface area contributed by atoms with E-state index in [1.807, 2.05) is 0 Å². The first-order chi connectivity index (χ1) is 24.3. The SMILES string of the molecule is C1=CCC(C2=CC(c3ccccc3)NC(C3=CCC(c4ccc5c(c4)Oc4ccccc4C54c5ccccc5-c5ccccc54)O3)=N2)C=C1. The zero-order chi connectivity index (χ0) is 32.4. The van der Waals surface area contributed by atoms with Crippen LogP contribution in [-0.4, -0.2) is 5.84 Å². The van der Waals surface area contributed by atoms with Crippen LogP contribution >= 0.6 is 0 Å². The molecule has 0 radical (unpaired) electrons. The number of rotatable bonds is 4. The van der Waals surface area contributed by atoms with E-state index in [-0.39, 0.29) is 18.1 Å². The van der Waals surface area contributed by atoms with Gasteiger partial charge in [0, 0.05) is 29.2 Å². The molecule has 10 rings (SSSR count). The fourth-order valence-electron chi connectivity index (χ4n) is 8.43. The normalized spacial score (nSPS) is 22.0. The number of para-hydroxylation sites is 1. The molecule has 3 unspecified atom stereocenters. The summed E-state index contributed by atoms with van der Waals surface area (Å²) >= 11 is 0. The minimum atomic E-state index is -0.464. The highest BCUT2D eigenvalue weighted by atomic mass is 16.5. The fraction of sp³-hybridized carbons (Fsp3) is 0.133. The van der Waals surface area contributed by atoms with Crippen molar-refractivity contribution in [2.75, 3.05) is 0 Å². The van der Waals surface area contributed by atoms with Gasteiger partial charge < -0.3 is 14.8 Å². The number of nitrogens with one attached hydrogen (secondary N) is 1. The van der Waals surface area contributed by atoms with E-state index in [4.69, 9.17) is 14.5 Å². The van der Waals surface area contributed by atoms with E-state index >= 15 is 0 Å². The highest BCUT2D eigenvalue weighted by Gasteiger charge is 2.51. The van der Waals surface area contributed by atoms with Gasteiger partial charge in [0.15, 0.2) is 11.6 Å². The fourth-order valence-corrected chi connectivity index (χ4v) is 8.43. The molecule has 0 aromatic heterocycles. The maximum absolute atomic E-state index is 6.75. The number of allylic oxidation sites excluding steroid dienone is 4. The summed E-state index contributed by atoms with van der Waals surface area (Å²) in [5.41, 5.74) is 10.4. The highest BCUT2D eigenvalue weighted by molar-refractivity contribution is 5.98. The molecular formula is C45H34N2O2. The molecule has 4 heteroatoms. The zero-order valence-corrected chi connectivity index (χ0v) is 26.9. The molecule has 5 aliphatic rings. The summed E-state index contributed by atoms with van der Waals surface area (Å²) in [6.07, 6.45) is 14.7. The van der Waals surface area contributed by atoms with Crippen molar-refractivity contribution in [3.63, 3.8) is 0 Å². The number of ether oxygens (including phenoxy) is 2. The van der Waals surface area contributed by atoms with Gasteiger partial charge in [-0.1, -0.05) is 133 Å². The van der Waals surface area contributed by atoms with E-state index in [1.165, 1.54) is 33.4 Å². The first kappa shape index (κ1) is 28.2. The van der Waals surface area contributed by atoms with E-state index in [9.17, 15) is 0 Å². The lowest BCUT2D eigenvalue weighted by atomic mass is 9.66. The predicted molar refractivity (Wildman–Crippen MR) is 195 cm³/mol. The van der Waals surface area contributed by atoms with Crippen molar-refractivity contribution in [1.29, 1.82) is 0 Å². The Morgan fingerprint density at radius 3 is 2.14 bits per heavy atom. The van der Waals surface area contributed by atoms with Crippen molar-refractivity contribution in [3.8, 4) is 22.6 Å². The Hall–Kier alpha value is -5.87. The van der Waals surface area contributed by atoms with Crippen LogP contribution < -0.4 is 10.1 Å². The van der Waals surface area contributed by atoms with E-state index in [1.54, 1.807) is 0 Å². The first-order valence-corrected chi connectivity index (χ1v) is 17.2. The summed E-state index contributed by atoms with van der Waals surface area (Å²) < 4.78 is 13.5. The molecule has 0 saturated heterocycles. The number of hydrogen-bond acceptors (Lipinski definition) is 4. The minimum absolute atomic E-state index is 0.0112. The lowest BCUT2D eigenvalue weighted by molar-refractivity contribution is 0.158.